The zero-order valence-corrected chi connectivity index (χ0v) is 17.5. The summed E-state index contributed by atoms with van der Waals surface area (Å²) in [6, 6.07) is 8.47. The van der Waals surface area contributed by atoms with Crippen molar-refractivity contribution in [3.8, 4) is 0 Å². The Morgan fingerprint density at radius 2 is 2.00 bits per heavy atom. The highest BCUT2D eigenvalue weighted by Crippen LogP contribution is 2.18. The number of ether oxygens (including phenoxy) is 1. The molecule has 30 heavy (non-hydrogen) atoms. The molecule has 0 saturated heterocycles. The molecule has 0 aromatic heterocycles. The highest BCUT2D eigenvalue weighted by molar-refractivity contribution is 5.86. The van der Waals surface area contributed by atoms with Crippen LogP contribution >= 0.6 is 0 Å². The number of allylic oxidation sites excluding steroid dienone is 2. The van der Waals surface area contributed by atoms with Crippen molar-refractivity contribution in [2.24, 2.45) is 5.92 Å². The Bertz CT molecular complexity index is 720. The fourth-order valence-corrected chi connectivity index (χ4v) is 3.24. The molecule has 0 aliphatic carbocycles. The summed E-state index contributed by atoms with van der Waals surface area (Å²) in [5.41, 5.74) is 0.832. The van der Waals surface area contributed by atoms with E-state index in [1.807, 2.05) is 42.5 Å². The average Bonchev–Trinajstić information content (AvgIpc) is 2.74. The van der Waals surface area contributed by atoms with Crippen LogP contribution in [0.1, 0.15) is 57.1 Å². The quantitative estimate of drug-likeness (QED) is 0.505. The number of cyclic esters (lactones) is 1. The molecule has 0 radical (unpaired) electrons. The highest BCUT2D eigenvalue weighted by atomic mass is 16.5. The van der Waals surface area contributed by atoms with Crippen LogP contribution in [-0.2, 0) is 19.1 Å². The van der Waals surface area contributed by atoms with Crippen molar-refractivity contribution in [1.82, 2.24) is 10.6 Å². The lowest BCUT2D eigenvalue weighted by molar-refractivity contribution is -0.145. The van der Waals surface area contributed by atoms with Crippen molar-refractivity contribution in [3.05, 3.63) is 48.0 Å². The van der Waals surface area contributed by atoms with Crippen molar-refractivity contribution in [2.45, 2.75) is 57.5 Å². The first-order chi connectivity index (χ1) is 14.5. The van der Waals surface area contributed by atoms with Crippen LogP contribution in [0.3, 0.4) is 0 Å². The molecule has 3 atom stereocenters. The number of benzene rings is 1. The molecule has 3 N–H and O–H groups in total. The van der Waals surface area contributed by atoms with Crippen LogP contribution in [0.25, 0.3) is 0 Å². The molecule has 2 rings (SSSR count). The molecule has 0 spiro atoms. The Labute approximate surface area is 177 Å². The third-order valence-electron chi connectivity index (χ3n) is 5.00. The number of carbonyl (C=O) groups excluding carboxylic acids is 3. The standard InChI is InChI=1S/C23H32N2O5/c1-17(15-26)24-21(27)14-19-12-6-3-2-4-9-13-22(28)30-16-20(25-23(19)29)18-10-7-5-8-11-18/h3,5-8,10-11,17,19-20,26H,2,4,9,12-16H2,1H3,(H,24,27)(H,25,29). The third kappa shape index (κ3) is 8.37. The van der Waals surface area contributed by atoms with Crippen molar-refractivity contribution < 1.29 is 24.2 Å². The van der Waals surface area contributed by atoms with Crippen molar-refractivity contribution in [2.75, 3.05) is 13.2 Å². The molecule has 1 aromatic rings. The van der Waals surface area contributed by atoms with Gasteiger partial charge in [-0.25, -0.2) is 0 Å². The first-order valence-electron chi connectivity index (χ1n) is 10.6. The van der Waals surface area contributed by atoms with Gasteiger partial charge in [0.1, 0.15) is 6.61 Å². The van der Waals surface area contributed by atoms with Crippen molar-refractivity contribution in [3.63, 3.8) is 0 Å². The summed E-state index contributed by atoms with van der Waals surface area (Å²) in [6.45, 7) is 1.58. The normalized spacial score (nSPS) is 22.3. The Kier molecular flexibility index (Phi) is 10.1. The second kappa shape index (κ2) is 12.8. The van der Waals surface area contributed by atoms with E-state index in [0.717, 1.165) is 24.8 Å². The zero-order chi connectivity index (χ0) is 21.8. The van der Waals surface area contributed by atoms with E-state index in [4.69, 9.17) is 9.84 Å². The average molecular weight is 417 g/mol. The first kappa shape index (κ1) is 23.6. The number of amides is 2. The summed E-state index contributed by atoms with van der Waals surface area (Å²) < 4.78 is 5.41. The molecular weight excluding hydrogens is 384 g/mol. The summed E-state index contributed by atoms with van der Waals surface area (Å²) in [5, 5.41) is 14.8. The molecule has 1 aliphatic heterocycles. The van der Waals surface area contributed by atoms with Gasteiger partial charge in [0.25, 0.3) is 0 Å². The number of rotatable bonds is 5. The van der Waals surface area contributed by atoms with Gasteiger partial charge in [-0.05, 0) is 38.2 Å². The minimum Gasteiger partial charge on any atom is -0.463 e. The summed E-state index contributed by atoms with van der Waals surface area (Å²) >= 11 is 0. The topological polar surface area (TPSA) is 105 Å². The summed E-state index contributed by atoms with van der Waals surface area (Å²) in [4.78, 5) is 37.4. The van der Waals surface area contributed by atoms with Gasteiger partial charge >= 0.3 is 5.97 Å². The number of hydrogen-bond acceptors (Lipinski definition) is 5. The van der Waals surface area contributed by atoms with Gasteiger partial charge in [-0.1, -0.05) is 42.5 Å². The Morgan fingerprint density at radius 1 is 1.23 bits per heavy atom. The lowest BCUT2D eigenvalue weighted by Crippen LogP contribution is -2.40. The van der Waals surface area contributed by atoms with Crippen LogP contribution in [0, 0.1) is 5.92 Å². The van der Waals surface area contributed by atoms with E-state index in [1.54, 1.807) is 6.92 Å². The zero-order valence-electron chi connectivity index (χ0n) is 17.5. The third-order valence-corrected chi connectivity index (χ3v) is 5.00. The van der Waals surface area contributed by atoms with Gasteiger partial charge in [-0.2, -0.15) is 0 Å². The lowest BCUT2D eigenvalue weighted by Gasteiger charge is -2.23. The smallest absolute Gasteiger partial charge is 0.305 e. The maximum atomic E-state index is 13.0. The van der Waals surface area contributed by atoms with E-state index in [9.17, 15) is 14.4 Å². The van der Waals surface area contributed by atoms with Crippen LogP contribution in [0.2, 0.25) is 0 Å². The van der Waals surface area contributed by atoms with Gasteiger partial charge in [-0.15, -0.1) is 0 Å². The van der Waals surface area contributed by atoms with Gasteiger partial charge in [0.05, 0.1) is 18.6 Å². The number of aliphatic hydroxyl groups excluding tert-OH is 1. The molecule has 0 bridgehead atoms. The van der Waals surface area contributed by atoms with Crippen LogP contribution in [-0.4, -0.2) is 42.1 Å². The predicted octanol–water partition coefficient (Wildman–Crippen LogP) is 2.41. The molecule has 0 saturated carbocycles. The van der Waals surface area contributed by atoms with E-state index in [1.165, 1.54) is 0 Å². The molecule has 0 fully saturated rings. The van der Waals surface area contributed by atoms with Gasteiger partial charge in [0.2, 0.25) is 11.8 Å². The molecule has 2 amide bonds. The van der Waals surface area contributed by atoms with E-state index >= 15 is 0 Å². The molecule has 1 aliphatic rings. The van der Waals surface area contributed by atoms with Crippen LogP contribution in [0.4, 0.5) is 0 Å². The second-order valence-corrected chi connectivity index (χ2v) is 7.66. The fraction of sp³-hybridized carbons (Fsp3) is 0.522. The van der Waals surface area contributed by atoms with Crippen molar-refractivity contribution in [1.29, 1.82) is 0 Å². The van der Waals surface area contributed by atoms with E-state index in [-0.39, 0.29) is 43.5 Å². The number of hydrogen-bond donors (Lipinski definition) is 3. The summed E-state index contributed by atoms with van der Waals surface area (Å²) in [6.07, 6.45) is 7.14. The van der Waals surface area contributed by atoms with E-state index in [0.29, 0.717) is 12.8 Å². The maximum Gasteiger partial charge on any atom is 0.305 e. The molecule has 7 nitrogen and oxygen atoms in total. The van der Waals surface area contributed by atoms with E-state index < -0.39 is 12.0 Å². The van der Waals surface area contributed by atoms with Crippen LogP contribution in [0.15, 0.2) is 42.5 Å². The van der Waals surface area contributed by atoms with Gasteiger partial charge < -0.3 is 20.5 Å². The minimum atomic E-state index is -0.558. The Hall–Kier alpha value is -2.67. The summed E-state index contributed by atoms with van der Waals surface area (Å²) in [7, 11) is 0. The Morgan fingerprint density at radius 3 is 2.73 bits per heavy atom. The van der Waals surface area contributed by atoms with Crippen LogP contribution < -0.4 is 10.6 Å². The minimum absolute atomic E-state index is 0.0157. The monoisotopic (exact) mass is 416 g/mol. The van der Waals surface area contributed by atoms with Crippen molar-refractivity contribution >= 4 is 17.8 Å². The number of nitrogens with one attached hydrogen (secondary N) is 2. The van der Waals surface area contributed by atoms with Gasteiger partial charge in [0.15, 0.2) is 0 Å². The predicted molar refractivity (Wildman–Crippen MR) is 113 cm³/mol. The lowest BCUT2D eigenvalue weighted by atomic mass is 9.97. The largest absolute Gasteiger partial charge is 0.463 e. The number of aliphatic hydroxyl groups is 1. The van der Waals surface area contributed by atoms with E-state index in [2.05, 4.69) is 10.6 Å². The SMILES string of the molecule is CC(CO)NC(=O)CC1CC=CCCCCC(=O)OCC(c2ccccc2)NC1=O. The summed E-state index contributed by atoms with van der Waals surface area (Å²) in [5.74, 6) is -1.39. The molecule has 1 aromatic carbocycles. The number of esters is 1. The number of carbonyl (C=O) groups is 3. The van der Waals surface area contributed by atoms with Gasteiger partial charge in [-0.3, -0.25) is 14.4 Å². The highest BCUT2D eigenvalue weighted by Gasteiger charge is 2.25. The molecule has 7 heteroatoms. The first-order valence-corrected chi connectivity index (χ1v) is 10.6. The molecule has 1 heterocycles. The second-order valence-electron chi connectivity index (χ2n) is 7.66. The molecule has 164 valence electrons. The van der Waals surface area contributed by atoms with Gasteiger partial charge in [0, 0.05) is 18.9 Å². The Balaban J connectivity index is 2.17. The molecule has 3 unspecified atom stereocenters. The van der Waals surface area contributed by atoms with Crippen LogP contribution in [0.5, 0.6) is 0 Å². The fourth-order valence-electron chi connectivity index (χ4n) is 3.24. The maximum absolute atomic E-state index is 13.0. The molecular formula is C23H32N2O5.